The largest absolute Gasteiger partial charge is 0.334 e. The van der Waals surface area contributed by atoms with Gasteiger partial charge in [0.25, 0.3) is 5.91 Å². The number of aromatic nitrogens is 1. The summed E-state index contributed by atoms with van der Waals surface area (Å²) >= 11 is 0. The number of amides is 1. The van der Waals surface area contributed by atoms with Crippen LogP contribution in [0.4, 0.5) is 0 Å². The zero-order valence-corrected chi connectivity index (χ0v) is 19.7. The number of pyridine rings is 1. The van der Waals surface area contributed by atoms with Gasteiger partial charge in [0.15, 0.2) is 0 Å². The van der Waals surface area contributed by atoms with Crippen LogP contribution in [0.5, 0.6) is 0 Å². The first-order valence-corrected chi connectivity index (χ1v) is 13.0. The number of carbonyl (C=O) groups excluding carboxylic acids is 1. The van der Waals surface area contributed by atoms with E-state index in [1.54, 1.807) is 19.9 Å². The van der Waals surface area contributed by atoms with Gasteiger partial charge in [0.1, 0.15) is 0 Å². The molecule has 1 aromatic heterocycles. The fourth-order valence-corrected chi connectivity index (χ4v) is 6.48. The Balaban J connectivity index is 1.72. The van der Waals surface area contributed by atoms with Crippen LogP contribution < -0.4 is 5.56 Å². The van der Waals surface area contributed by atoms with E-state index in [-0.39, 0.29) is 28.0 Å². The van der Waals surface area contributed by atoms with Crippen molar-refractivity contribution < 1.29 is 13.2 Å². The van der Waals surface area contributed by atoms with E-state index in [0.29, 0.717) is 30.5 Å². The van der Waals surface area contributed by atoms with Crippen molar-refractivity contribution in [2.75, 3.05) is 39.3 Å². The average molecular weight is 461 g/mol. The van der Waals surface area contributed by atoms with Crippen molar-refractivity contribution in [2.24, 2.45) is 0 Å². The topological polar surface area (TPSA) is 93.8 Å². The maximum absolute atomic E-state index is 13.6. The van der Waals surface area contributed by atoms with Crippen LogP contribution in [0.3, 0.4) is 0 Å². The summed E-state index contributed by atoms with van der Waals surface area (Å²) in [6.45, 7) is 7.96. The van der Waals surface area contributed by atoms with Gasteiger partial charge in [0, 0.05) is 49.2 Å². The second-order valence-electron chi connectivity index (χ2n) is 8.65. The zero-order chi connectivity index (χ0) is 22.9. The van der Waals surface area contributed by atoms with Gasteiger partial charge >= 0.3 is 0 Å². The molecule has 2 aliphatic rings. The van der Waals surface area contributed by atoms with Gasteiger partial charge in [-0.05, 0) is 57.0 Å². The molecule has 0 bridgehead atoms. The molecular weight excluding hydrogens is 428 g/mol. The van der Waals surface area contributed by atoms with Crippen LogP contribution in [0.25, 0.3) is 10.9 Å². The molecule has 0 saturated carbocycles. The van der Waals surface area contributed by atoms with Crippen LogP contribution in [0.2, 0.25) is 0 Å². The first kappa shape index (κ1) is 22.9. The van der Waals surface area contributed by atoms with E-state index >= 15 is 0 Å². The molecule has 2 fully saturated rings. The quantitative estimate of drug-likeness (QED) is 0.684. The van der Waals surface area contributed by atoms with Crippen molar-refractivity contribution in [3.8, 4) is 0 Å². The molecule has 1 aromatic carbocycles. The van der Waals surface area contributed by atoms with Crippen molar-refractivity contribution in [3.05, 3.63) is 40.2 Å². The van der Waals surface area contributed by atoms with Gasteiger partial charge in [-0.1, -0.05) is 13.8 Å². The number of benzene rings is 1. The lowest BCUT2D eigenvalue weighted by molar-refractivity contribution is 0.0710. The minimum Gasteiger partial charge on any atom is -0.334 e. The molecule has 1 amide bonds. The molecule has 1 N–H and O–H groups in total. The van der Waals surface area contributed by atoms with Gasteiger partial charge in [-0.25, -0.2) is 8.42 Å². The fraction of sp³-hybridized carbons (Fsp3) is 0.565. The van der Waals surface area contributed by atoms with Crippen LogP contribution in [0, 0.1) is 0 Å². The summed E-state index contributed by atoms with van der Waals surface area (Å²) in [7, 11) is -3.68. The van der Waals surface area contributed by atoms with E-state index in [0.717, 1.165) is 32.5 Å². The molecule has 174 valence electrons. The Labute approximate surface area is 189 Å². The standard InChI is InChI=1S/C23H32N4O4S/c1-3-26(4-2)32(30,31)18-9-10-21-19(14-18)20(15-22(28)24-21)23(29)27-13-7-8-17(27)16-25-11-5-6-12-25/h9-10,14-15,17H,3-8,11-13,16H2,1-2H3,(H,24,28). The second kappa shape index (κ2) is 9.33. The number of sulfonamides is 1. The van der Waals surface area contributed by atoms with Crippen molar-refractivity contribution in [1.82, 2.24) is 19.1 Å². The number of nitrogens with zero attached hydrogens (tertiary/aromatic N) is 3. The van der Waals surface area contributed by atoms with Crippen molar-refractivity contribution in [1.29, 1.82) is 0 Å². The summed E-state index contributed by atoms with van der Waals surface area (Å²) in [6, 6.07) is 6.03. The molecule has 1 unspecified atom stereocenters. The minimum absolute atomic E-state index is 0.123. The summed E-state index contributed by atoms with van der Waals surface area (Å²) in [5.41, 5.74) is 0.374. The Hall–Kier alpha value is -2.23. The smallest absolute Gasteiger partial charge is 0.255 e. The molecule has 2 saturated heterocycles. The van der Waals surface area contributed by atoms with Crippen LogP contribution in [0.1, 0.15) is 49.9 Å². The number of likely N-dealkylation sites (tertiary alicyclic amines) is 2. The molecule has 2 aromatic rings. The normalized spacial score (nSPS) is 20.0. The SMILES string of the molecule is CCN(CC)S(=O)(=O)c1ccc2[nH]c(=O)cc(C(=O)N3CCCC3CN3CCCC3)c2c1. The van der Waals surface area contributed by atoms with Crippen LogP contribution in [0.15, 0.2) is 34.0 Å². The fourth-order valence-electron chi connectivity index (χ4n) is 4.99. The summed E-state index contributed by atoms with van der Waals surface area (Å²) in [5, 5.41) is 0.467. The number of H-pyrrole nitrogens is 1. The molecular formula is C23H32N4O4S. The Kier molecular flexibility index (Phi) is 6.69. The van der Waals surface area contributed by atoms with Crippen LogP contribution in [-0.4, -0.2) is 78.7 Å². The molecule has 0 aliphatic carbocycles. The zero-order valence-electron chi connectivity index (χ0n) is 18.8. The van der Waals surface area contributed by atoms with E-state index < -0.39 is 10.0 Å². The van der Waals surface area contributed by atoms with E-state index in [1.807, 2.05) is 4.90 Å². The van der Waals surface area contributed by atoms with Crippen LogP contribution >= 0.6 is 0 Å². The number of nitrogens with one attached hydrogen (secondary N) is 1. The third-order valence-electron chi connectivity index (χ3n) is 6.69. The van der Waals surface area contributed by atoms with Crippen molar-refractivity contribution in [3.63, 3.8) is 0 Å². The lowest BCUT2D eigenvalue weighted by Gasteiger charge is -2.29. The first-order chi connectivity index (χ1) is 15.3. The van der Waals surface area contributed by atoms with Gasteiger partial charge in [0.05, 0.1) is 10.5 Å². The number of hydrogen-bond acceptors (Lipinski definition) is 5. The highest BCUT2D eigenvalue weighted by atomic mass is 32.2. The van der Waals surface area contributed by atoms with Gasteiger partial charge in [-0.2, -0.15) is 4.31 Å². The van der Waals surface area contributed by atoms with Gasteiger partial charge in [-0.3, -0.25) is 9.59 Å². The summed E-state index contributed by atoms with van der Waals surface area (Å²) in [4.78, 5) is 33.0. The predicted molar refractivity (Wildman–Crippen MR) is 124 cm³/mol. The Bertz CT molecular complexity index is 1150. The molecule has 4 rings (SSSR count). The van der Waals surface area contributed by atoms with E-state index in [1.165, 1.54) is 35.3 Å². The Morgan fingerprint density at radius 2 is 1.81 bits per heavy atom. The van der Waals surface area contributed by atoms with Gasteiger partial charge < -0.3 is 14.8 Å². The molecule has 8 nitrogen and oxygen atoms in total. The van der Waals surface area contributed by atoms with E-state index in [2.05, 4.69) is 9.88 Å². The molecule has 3 heterocycles. The number of aromatic amines is 1. The van der Waals surface area contributed by atoms with E-state index in [4.69, 9.17) is 0 Å². The molecule has 2 aliphatic heterocycles. The molecule has 0 radical (unpaired) electrons. The van der Waals surface area contributed by atoms with Crippen molar-refractivity contribution in [2.45, 2.75) is 50.5 Å². The average Bonchev–Trinajstić information content (AvgIpc) is 3.45. The lowest BCUT2D eigenvalue weighted by Crippen LogP contribution is -2.42. The van der Waals surface area contributed by atoms with Crippen LogP contribution in [-0.2, 0) is 10.0 Å². The Morgan fingerprint density at radius 1 is 1.09 bits per heavy atom. The number of carbonyl (C=O) groups is 1. The van der Waals surface area contributed by atoms with Gasteiger partial charge in [-0.15, -0.1) is 0 Å². The summed E-state index contributed by atoms with van der Waals surface area (Å²) in [6.07, 6.45) is 4.28. The van der Waals surface area contributed by atoms with Crippen molar-refractivity contribution >= 4 is 26.8 Å². The Morgan fingerprint density at radius 3 is 2.50 bits per heavy atom. The highest BCUT2D eigenvalue weighted by Crippen LogP contribution is 2.27. The minimum atomic E-state index is -3.68. The maximum atomic E-state index is 13.6. The third kappa shape index (κ3) is 4.33. The summed E-state index contributed by atoms with van der Waals surface area (Å²) < 4.78 is 27.5. The molecule has 0 spiro atoms. The van der Waals surface area contributed by atoms with E-state index in [9.17, 15) is 18.0 Å². The number of fused-ring (bicyclic) bond motifs is 1. The maximum Gasteiger partial charge on any atom is 0.255 e. The number of hydrogen-bond donors (Lipinski definition) is 1. The second-order valence-corrected chi connectivity index (χ2v) is 10.6. The monoisotopic (exact) mass is 460 g/mol. The highest BCUT2D eigenvalue weighted by molar-refractivity contribution is 7.89. The molecule has 9 heteroatoms. The first-order valence-electron chi connectivity index (χ1n) is 11.6. The lowest BCUT2D eigenvalue weighted by atomic mass is 10.1. The summed E-state index contributed by atoms with van der Waals surface area (Å²) in [5.74, 6) is -0.194. The predicted octanol–water partition coefficient (Wildman–Crippen LogP) is 2.26. The molecule has 32 heavy (non-hydrogen) atoms. The number of rotatable bonds is 7. The molecule has 1 atom stereocenters. The van der Waals surface area contributed by atoms with Gasteiger partial charge in [0.2, 0.25) is 15.6 Å². The highest BCUT2D eigenvalue weighted by Gasteiger charge is 2.32. The third-order valence-corrected chi connectivity index (χ3v) is 8.74.